The van der Waals surface area contributed by atoms with E-state index in [-0.39, 0.29) is 24.2 Å². The zero-order chi connectivity index (χ0) is 18.5. The SMILES string of the molecule is Cc1ccc(OCC(=O)N2CCN(C(=O)c3ccc(F)cc3)CC2)cc1. The Balaban J connectivity index is 1.48. The normalized spacial score (nSPS) is 14.2. The Morgan fingerprint density at radius 3 is 2.12 bits per heavy atom. The second-order valence-electron chi connectivity index (χ2n) is 6.28. The second-order valence-corrected chi connectivity index (χ2v) is 6.28. The number of carbonyl (C=O) groups excluding carboxylic acids is 2. The van der Waals surface area contributed by atoms with E-state index in [4.69, 9.17) is 4.74 Å². The summed E-state index contributed by atoms with van der Waals surface area (Å²) in [6, 6.07) is 13.0. The summed E-state index contributed by atoms with van der Waals surface area (Å²) >= 11 is 0. The van der Waals surface area contributed by atoms with Crippen LogP contribution in [0.25, 0.3) is 0 Å². The van der Waals surface area contributed by atoms with Crippen LogP contribution >= 0.6 is 0 Å². The number of hydrogen-bond donors (Lipinski definition) is 0. The third kappa shape index (κ3) is 4.39. The van der Waals surface area contributed by atoms with Crippen molar-refractivity contribution >= 4 is 11.8 Å². The molecule has 6 heteroatoms. The summed E-state index contributed by atoms with van der Waals surface area (Å²) in [6.45, 7) is 3.79. The van der Waals surface area contributed by atoms with Crippen LogP contribution in [-0.2, 0) is 4.79 Å². The summed E-state index contributed by atoms with van der Waals surface area (Å²) in [4.78, 5) is 28.1. The number of aryl methyl sites for hydroxylation is 1. The molecule has 1 heterocycles. The van der Waals surface area contributed by atoms with Gasteiger partial charge < -0.3 is 14.5 Å². The van der Waals surface area contributed by atoms with Gasteiger partial charge in [0, 0.05) is 31.7 Å². The number of hydrogen-bond acceptors (Lipinski definition) is 3. The topological polar surface area (TPSA) is 49.9 Å². The molecule has 1 aliphatic rings. The molecular formula is C20H21FN2O3. The zero-order valence-electron chi connectivity index (χ0n) is 14.7. The van der Waals surface area contributed by atoms with Crippen LogP contribution < -0.4 is 4.74 Å². The van der Waals surface area contributed by atoms with Gasteiger partial charge in [-0.1, -0.05) is 17.7 Å². The van der Waals surface area contributed by atoms with E-state index in [1.54, 1.807) is 9.80 Å². The van der Waals surface area contributed by atoms with Gasteiger partial charge in [-0.3, -0.25) is 9.59 Å². The standard InChI is InChI=1S/C20H21FN2O3/c1-15-2-8-18(9-3-15)26-14-19(24)22-10-12-23(13-11-22)20(25)16-4-6-17(21)7-5-16/h2-9H,10-14H2,1H3. The van der Waals surface area contributed by atoms with Gasteiger partial charge in [-0.2, -0.15) is 0 Å². The number of nitrogens with zero attached hydrogens (tertiary/aromatic N) is 2. The Morgan fingerprint density at radius 2 is 1.50 bits per heavy atom. The number of amides is 2. The molecule has 1 fully saturated rings. The van der Waals surface area contributed by atoms with E-state index >= 15 is 0 Å². The van der Waals surface area contributed by atoms with E-state index in [1.807, 2.05) is 31.2 Å². The Bertz CT molecular complexity index is 767. The minimum absolute atomic E-state index is 0.0189. The maximum atomic E-state index is 13.0. The lowest BCUT2D eigenvalue weighted by molar-refractivity contribution is -0.134. The largest absolute Gasteiger partial charge is 0.484 e. The van der Waals surface area contributed by atoms with Crippen molar-refractivity contribution in [2.45, 2.75) is 6.92 Å². The third-order valence-electron chi connectivity index (χ3n) is 4.39. The summed E-state index contributed by atoms with van der Waals surface area (Å²) in [6.07, 6.45) is 0. The van der Waals surface area contributed by atoms with Gasteiger partial charge in [0.1, 0.15) is 11.6 Å². The molecule has 1 saturated heterocycles. The molecule has 3 rings (SSSR count). The molecule has 1 aliphatic heterocycles. The van der Waals surface area contributed by atoms with Crippen LogP contribution in [0.4, 0.5) is 4.39 Å². The molecule has 5 nitrogen and oxygen atoms in total. The lowest BCUT2D eigenvalue weighted by Crippen LogP contribution is -2.51. The fraction of sp³-hybridized carbons (Fsp3) is 0.300. The fourth-order valence-corrected chi connectivity index (χ4v) is 2.80. The highest BCUT2D eigenvalue weighted by molar-refractivity contribution is 5.94. The average molecular weight is 356 g/mol. The first-order chi connectivity index (χ1) is 12.5. The molecule has 0 spiro atoms. The van der Waals surface area contributed by atoms with Crippen LogP contribution in [0.3, 0.4) is 0 Å². The molecule has 0 N–H and O–H groups in total. The highest BCUT2D eigenvalue weighted by atomic mass is 19.1. The van der Waals surface area contributed by atoms with Crippen LogP contribution in [0, 0.1) is 12.7 Å². The first-order valence-electron chi connectivity index (χ1n) is 8.55. The maximum absolute atomic E-state index is 13.0. The minimum atomic E-state index is -0.370. The molecule has 0 atom stereocenters. The molecule has 136 valence electrons. The lowest BCUT2D eigenvalue weighted by Gasteiger charge is -2.34. The Kier molecular flexibility index (Phi) is 5.51. The first kappa shape index (κ1) is 17.9. The van der Waals surface area contributed by atoms with Crippen molar-refractivity contribution in [3.8, 4) is 5.75 Å². The summed E-state index contributed by atoms with van der Waals surface area (Å²) in [5.41, 5.74) is 1.58. The molecule has 0 aliphatic carbocycles. The molecule has 2 aromatic rings. The predicted molar refractivity (Wildman–Crippen MR) is 95.6 cm³/mol. The number of carbonyl (C=O) groups is 2. The van der Waals surface area contributed by atoms with Gasteiger partial charge in [-0.05, 0) is 43.3 Å². The maximum Gasteiger partial charge on any atom is 0.260 e. The highest BCUT2D eigenvalue weighted by Gasteiger charge is 2.25. The van der Waals surface area contributed by atoms with Crippen LogP contribution in [0.15, 0.2) is 48.5 Å². The number of ether oxygens (including phenoxy) is 1. The Hall–Kier alpha value is -2.89. The summed E-state index contributed by atoms with van der Waals surface area (Å²) in [7, 11) is 0. The van der Waals surface area contributed by atoms with E-state index in [1.165, 1.54) is 24.3 Å². The summed E-state index contributed by atoms with van der Waals surface area (Å²) < 4.78 is 18.5. The van der Waals surface area contributed by atoms with Crippen molar-refractivity contribution < 1.29 is 18.7 Å². The van der Waals surface area contributed by atoms with Crippen molar-refractivity contribution in [1.82, 2.24) is 9.80 Å². The van der Waals surface area contributed by atoms with Gasteiger partial charge in [-0.25, -0.2) is 4.39 Å². The Morgan fingerprint density at radius 1 is 0.923 bits per heavy atom. The number of benzene rings is 2. The molecule has 2 aromatic carbocycles. The van der Waals surface area contributed by atoms with Crippen LogP contribution in [0.2, 0.25) is 0 Å². The van der Waals surface area contributed by atoms with Gasteiger partial charge in [0.15, 0.2) is 6.61 Å². The molecule has 0 aromatic heterocycles. The van der Waals surface area contributed by atoms with Crippen molar-refractivity contribution in [2.75, 3.05) is 32.8 Å². The smallest absolute Gasteiger partial charge is 0.260 e. The van der Waals surface area contributed by atoms with E-state index in [9.17, 15) is 14.0 Å². The van der Waals surface area contributed by atoms with Gasteiger partial charge in [0.25, 0.3) is 11.8 Å². The molecule has 2 amide bonds. The molecule has 0 bridgehead atoms. The zero-order valence-corrected chi connectivity index (χ0v) is 14.7. The number of rotatable bonds is 4. The quantitative estimate of drug-likeness (QED) is 0.846. The summed E-state index contributed by atoms with van der Waals surface area (Å²) in [5.74, 6) is 0.0482. The van der Waals surface area contributed by atoms with Crippen LogP contribution in [-0.4, -0.2) is 54.4 Å². The molecule has 0 saturated carbocycles. The van der Waals surface area contributed by atoms with Crippen LogP contribution in [0.1, 0.15) is 15.9 Å². The van der Waals surface area contributed by atoms with E-state index in [0.29, 0.717) is 37.5 Å². The van der Waals surface area contributed by atoms with Gasteiger partial charge in [-0.15, -0.1) is 0 Å². The lowest BCUT2D eigenvalue weighted by atomic mass is 10.2. The van der Waals surface area contributed by atoms with Gasteiger partial charge >= 0.3 is 0 Å². The van der Waals surface area contributed by atoms with Crippen molar-refractivity contribution in [1.29, 1.82) is 0 Å². The van der Waals surface area contributed by atoms with Crippen molar-refractivity contribution in [3.05, 3.63) is 65.5 Å². The second kappa shape index (κ2) is 7.99. The monoisotopic (exact) mass is 356 g/mol. The fourth-order valence-electron chi connectivity index (χ4n) is 2.80. The van der Waals surface area contributed by atoms with Gasteiger partial charge in [0.2, 0.25) is 0 Å². The number of halogens is 1. The molecule has 0 radical (unpaired) electrons. The van der Waals surface area contributed by atoms with E-state index < -0.39 is 0 Å². The summed E-state index contributed by atoms with van der Waals surface area (Å²) in [5, 5.41) is 0. The highest BCUT2D eigenvalue weighted by Crippen LogP contribution is 2.13. The Labute approximate surface area is 152 Å². The van der Waals surface area contributed by atoms with E-state index in [0.717, 1.165) is 5.56 Å². The molecule has 0 unspecified atom stereocenters. The number of piperazine rings is 1. The van der Waals surface area contributed by atoms with Crippen molar-refractivity contribution in [2.24, 2.45) is 0 Å². The predicted octanol–water partition coefficient (Wildman–Crippen LogP) is 2.50. The average Bonchev–Trinajstić information content (AvgIpc) is 2.67. The molecule has 26 heavy (non-hydrogen) atoms. The first-order valence-corrected chi connectivity index (χ1v) is 8.55. The van der Waals surface area contributed by atoms with Gasteiger partial charge in [0.05, 0.1) is 0 Å². The van der Waals surface area contributed by atoms with Crippen LogP contribution in [0.5, 0.6) is 5.75 Å². The third-order valence-corrected chi connectivity index (χ3v) is 4.39. The minimum Gasteiger partial charge on any atom is -0.484 e. The van der Waals surface area contributed by atoms with E-state index in [2.05, 4.69) is 0 Å². The molecular weight excluding hydrogens is 335 g/mol. The van der Waals surface area contributed by atoms with Crippen molar-refractivity contribution in [3.63, 3.8) is 0 Å².